The predicted molar refractivity (Wildman–Crippen MR) is 138 cm³/mol. The maximum absolute atomic E-state index is 13.4. The number of anilines is 1. The number of hydrogen-bond acceptors (Lipinski definition) is 8. The second-order valence-corrected chi connectivity index (χ2v) is 9.01. The van der Waals surface area contributed by atoms with Crippen molar-refractivity contribution in [3.8, 4) is 28.2 Å². The average molecular weight is 510 g/mol. The monoisotopic (exact) mass is 509 g/mol. The Hall–Kier alpha value is -5.13. The first kappa shape index (κ1) is 23.3. The summed E-state index contributed by atoms with van der Waals surface area (Å²) >= 11 is 0. The van der Waals surface area contributed by atoms with Gasteiger partial charge in [-0.2, -0.15) is 4.68 Å². The first-order chi connectivity index (χ1) is 18.5. The van der Waals surface area contributed by atoms with E-state index in [2.05, 4.69) is 40.5 Å². The Morgan fingerprint density at radius 3 is 2.71 bits per heavy atom. The Morgan fingerprint density at radius 2 is 1.95 bits per heavy atom. The highest BCUT2D eigenvalue weighted by Crippen LogP contribution is 2.33. The summed E-state index contributed by atoms with van der Waals surface area (Å²) < 4.78 is 7.91. The van der Waals surface area contributed by atoms with Gasteiger partial charge in [0, 0.05) is 29.2 Å². The number of ether oxygens (including phenoxy) is 1. The molecule has 1 aromatic carbocycles. The third-order valence-electron chi connectivity index (χ3n) is 6.55. The lowest BCUT2D eigenvalue weighted by atomic mass is 10.0. The Balaban J connectivity index is 1.30. The Kier molecular flexibility index (Phi) is 5.75. The average Bonchev–Trinajstić information content (AvgIpc) is 3.70. The molecule has 12 heteroatoms. The molecule has 0 saturated heterocycles. The van der Waals surface area contributed by atoms with Crippen LogP contribution in [0.2, 0.25) is 0 Å². The van der Waals surface area contributed by atoms with E-state index in [1.807, 2.05) is 31.2 Å². The van der Waals surface area contributed by atoms with Crippen LogP contribution in [-0.4, -0.2) is 52.9 Å². The van der Waals surface area contributed by atoms with Crippen molar-refractivity contribution in [2.75, 3.05) is 12.4 Å². The van der Waals surface area contributed by atoms with Crippen LogP contribution < -0.4 is 10.9 Å². The van der Waals surface area contributed by atoms with Gasteiger partial charge in [-0.3, -0.25) is 10.1 Å². The van der Waals surface area contributed by atoms with Gasteiger partial charge >= 0.3 is 6.09 Å². The predicted octanol–water partition coefficient (Wildman–Crippen LogP) is 3.30. The zero-order chi connectivity index (χ0) is 26.2. The number of nitrogens with zero attached hydrogens (tertiary/aromatic N) is 7. The second kappa shape index (κ2) is 9.39. The smallest absolute Gasteiger partial charge is 0.411 e. The van der Waals surface area contributed by atoms with Gasteiger partial charge in [0.25, 0.3) is 5.56 Å². The Morgan fingerprint density at radius 1 is 1.11 bits per heavy atom. The molecule has 2 N–H and O–H groups in total. The third-order valence-corrected chi connectivity index (χ3v) is 6.55. The van der Waals surface area contributed by atoms with Gasteiger partial charge < -0.3 is 14.3 Å². The summed E-state index contributed by atoms with van der Waals surface area (Å²) in [6.45, 7) is 1.95. The van der Waals surface area contributed by atoms with Crippen molar-refractivity contribution in [2.45, 2.75) is 25.8 Å². The van der Waals surface area contributed by atoms with Gasteiger partial charge in [-0.25, -0.2) is 14.8 Å². The van der Waals surface area contributed by atoms with E-state index in [0.717, 1.165) is 52.3 Å². The number of carbonyl (C=O) groups is 1. The van der Waals surface area contributed by atoms with Crippen LogP contribution in [0.3, 0.4) is 0 Å². The summed E-state index contributed by atoms with van der Waals surface area (Å²) in [5, 5.41) is 14.0. The molecule has 0 spiro atoms. The lowest BCUT2D eigenvalue weighted by molar-refractivity contribution is 0.187. The number of aromatic amines is 1. The van der Waals surface area contributed by atoms with Crippen LogP contribution >= 0.6 is 0 Å². The molecule has 0 radical (unpaired) electrons. The number of carbonyl (C=O) groups excluding carboxylic acids is 1. The summed E-state index contributed by atoms with van der Waals surface area (Å²) in [5.41, 5.74) is 5.68. The molecule has 5 aromatic rings. The summed E-state index contributed by atoms with van der Waals surface area (Å²) in [4.78, 5) is 37.3. The van der Waals surface area contributed by atoms with E-state index in [4.69, 9.17) is 0 Å². The molecular formula is C26H23N9O3. The minimum absolute atomic E-state index is 0.111. The maximum Gasteiger partial charge on any atom is 0.411 e. The number of methoxy groups -OCH3 is 1. The maximum atomic E-state index is 13.4. The molecule has 1 atom stereocenters. The summed E-state index contributed by atoms with van der Waals surface area (Å²) in [5.74, 6) is 1.28. The summed E-state index contributed by atoms with van der Waals surface area (Å²) in [6.07, 6.45) is 5.94. The standard InChI is InChI=1S/C26H23N9O3/c1-15-9-20(25(28-12-15)34-14-29-32-33-34)17-10-19-7-8-22(35(19)23(36)11-17)24-27-13-21(31-24)16-3-5-18(6-4-16)30-26(37)38-2/h3-6,9-14,22H,7-8H2,1-2H3,(H,27,31)(H,30,37)/t22-/m0/s1. The second-order valence-electron chi connectivity index (χ2n) is 9.01. The molecule has 12 nitrogen and oxygen atoms in total. The Labute approximate surface area is 216 Å². The number of aryl methyl sites for hydroxylation is 2. The van der Waals surface area contributed by atoms with Crippen molar-refractivity contribution in [2.24, 2.45) is 0 Å². The Bertz CT molecular complexity index is 1690. The number of hydrogen-bond donors (Lipinski definition) is 2. The van der Waals surface area contributed by atoms with Crippen molar-refractivity contribution in [3.63, 3.8) is 0 Å². The van der Waals surface area contributed by atoms with Crippen LogP contribution in [0.15, 0.2) is 66.0 Å². The first-order valence-electron chi connectivity index (χ1n) is 12.0. The molecule has 190 valence electrons. The lowest BCUT2D eigenvalue weighted by Crippen LogP contribution is -2.24. The van der Waals surface area contributed by atoms with Crippen LogP contribution in [-0.2, 0) is 11.2 Å². The molecular weight excluding hydrogens is 486 g/mol. The molecule has 1 aliphatic rings. The quantitative estimate of drug-likeness (QED) is 0.367. The van der Waals surface area contributed by atoms with E-state index in [1.54, 1.807) is 35.2 Å². The molecule has 0 bridgehead atoms. The lowest BCUT2D eigenvalue weighted by Gasteiger charge is -2.14. The number of fused-ring (bicyclic) bond motifs is 1. The molecule has 38 heavy (non-hydrogen) atoms. The van der Waals surface area contributed by atoms with Crippen molar-refractivity contribution >= 4 is 11.8 Å². The molecule has 1 amide bonds. The third kappa shape index (κ3) is 4.21. The highest BCUT2D eigenvalue weighted by molar-refractivity contribution is 5.84. The van der Waals surface area contributed by atoms with Gasteiger partial charge in [-0.1, -0.05) is 12.1 Å². The summed E-state index contributed by atoms with van der Waals surface area (Å²) in [7, 11) is 1.32. The van der Waals surface area contributed by atoms with E-state index >= 15 is 0 Å². The highest BCUT2D eigenvalue weighted by atomic mass is 16.5. The van der Waals surface area contributed by atoms with Crippen molar-refractivity contribution in [1.82, 2.24) is 39.7 Å². The van der Waals surface area contributed by atoms with Gasteiger partial charge in [0.15, 0.2) is 5.82 Å². The van der Waals surface area contributed by atoms with Gasteiger partial charge in [0.05, 0.1) is 25.0 Å². The highest BCUT2D eigenvalue weighted by Gasteiger charge is 2.28. The first-order valence-corrected chi connectivity index (χ1v) is 12.0. The van der Waals surface area contributed by atoms with Gasteiger partial charge in [-0.15, -0.1) is 5.10 Å². The fourth-order valence-electron chi connectivity index (χ4n) is 4.78. The normalized spacial score (nSPS) is 14.3. The fourth-order valence-corrected chi connectivity index (χ4v) is 4.78. The van der Waals surface area contributed by atoms with E-state index < -0.39 is 6.09 Å². The van der Waals surface area contributed by atoms with E-state index in [-0.39, 0.29) is 11.6 Å². The number of rotatable bonds is 5. The molecule has 6 rings (SSSR count). The molecule has 0 fully saturated rings. The van der Waals surface area contributed by atoms with Crippen LogP contribution in [0.5, 0.6) is 0 Å². The minimum Gasteiger partial charge on any atom is -0.453 e. The number of aromatic nitrogens is 8. The zero-order valence-electron chi connectivity index (χ0n) is 20.6. The largest absolute Gasteiger partial charge is 0.453 e. The molecule has 4 aromatic heterocycles. The van der Waals surface area contributed by atoms with Crippen LogP contribution in [0.25, 0.3) is 28.2 Å². The molecule has 0 unspecified atom stereocenters. The fraction of sp³-hybridized carbons (Fsp3) is 0.192. The van der Waals surface area contributed by atoms with Crippen LogP contribution in [0.1, 0.15) is 29.5 Å². The number of imidazole rings is 1. The van der Waals surface area contributed by atoms with Crippen molar-refractivity contribution < 1.29 is 9.53 Å². The molecule has 0 saturated carbocycles. The van der Waals surface area contributed by atoms with Crippen molar-refractivity contribution in [1.29, 1.82) is 0 Å². The van der Waals surface area contributed by atoms with E-state index in [1.165, 1.54) is 18.1 Å². The van der Waals surface area contributed by atoms with E-state index in [9.17, 15) is 9.59 Å². The van der Waals surface area contributed by atoms with Gasteiger partial charge in [0.2, 0.25) is 0 Å². The van der Waals surface area contributed by atoms with Gasteiger partial charge in [-0.05, 0) is 71.1 Å². The molecule has 0 aliphatic carbocycles. The SMILES string of the molecule is COC(=O)Nc1ccc(-c2cnc([C@@H]3CCc4cc(-c5cc(C)cnc5-n5cnnn5)cc(=O)n43)[nH]2)cc1. The molecule has 5 heterocycles. The van der Waals surface area contributed by atoms with E-state index in [0.29, 0.717) is 11.5 Å². The van der Waals surface area contributed by atoms with Crippen LogP contribution in [0, 0.1) is 6.92 Å². The number of benzene rings is 1. The molecule has 1 aliphatic heterocycles. The number of tetrazole rings is 1. The number of nitrogens with one attached hydrogen (secondary N) is 2. The number of pyridine rings is 2. The zero-order valence-corrected chi connectivity index (χ0v) is 20.6. The summed E-state index contributed by atoms with van der Waals surface area (Å²) in [6, 6.07) is 12.8. The van der Waals surface area contributed by atoms with Crippen molar-refractivity contribution in [3.05, 3.63) is 88.6 Å². The number of H-pyrrole nitrogens is 1. The topological polar surface area (TPSA) is 146 Å². The minimum atomic E-state index is -0.527. The number of amides is 1. The van der Waals surface area contributed by atoms with Crippen LogP contribution in [0.4, 0.5) is 10.5 Å². The van der Waals surface area contributed by atoms with Gasteiger partial charge in [0.1, 0.15) is 12.2 Å².